The normalized spacial score (nSPS) is 10.3. The van der Waals surface area contributed by atoms with Gasteiger partial charge < -0.3 is 9.30 Å². The molecule has 3 rings (SSSR count). The van der Waals surface area contributed by atoms with Crippen LogP contribution in [-0.2, 0) is 17.9 Å². The van der Waals surface area contributed by atoms with Crippen LogP contribution in [0.4, 0.5) is 10.5 Å². The van der Waals surface area contributed by atoms with Gasteiger partial charge in [-0.3, -0.25) is 10.1 Å². The fraction of sp³-hybridized carbons (Fsp3) is 0.0909. The first-order valence-corrected chi connectivity index (χ1v) is 9.05. The highest BCUT2D eigenvalue weighted by atomic mass is 35.5. The number of ether oxygens (including phenoxy) is 1. The molecule has 1 N–H and O–H groups in total. The van der Waals surface area contributed by atoms with E-state index in [-0.39, 0.29) is 24.4 Å². The number of hydrogen-bond acceptors (Lipinski definition) is 3. The monoisotopic (exact) mass is 394 g/mol. The Morgan fingerprint density at radius 2 is 1.79 bits per heavy atom. The van der Waals surface area contributed by atoms with Crippen molar-refractivity contribution >= 4 is 23.4 Å². The van der Waals surface area contributed by atoms with Crippen LogP contribution >= 0.6 is 11.6 Å². The van der Waals surface area contributed by atoms with Crippen molar-refractivity contribution in [2.75, 3.05) is 5.32 Å². The predicted octanol–water partition coefficient (Wildman–Crippen LogP) is 5.10. The first-order chi connectivity index (χ1) is 13.6. The minimum Gasteiger partial charge on any atom is -0.444 e. The molecule has 0 aliphatic carbocycles. The number of benzene rings is 2. The second kappa shape index (κ2) is 9.06. The number of rotatable bonds is 6. The van der Waals surface area contributed by atoms with E-state index in [0.29, 0.717) is 10.7 Å². The molecule has 1 heterocycles. The van der Waals surface area contributed by atoms with Crippen LogP contribution in [-0.4, -0.2) is 10.7 Å². The molecule has 1 amide bonds. The van der Waals surface area contributed by atoms with Crippen molar-refractivity contribution in [2.24, 2.45) is 0 Å². The number of amides is 1. The van der Waals surface area contributed by atoms with Gasteiger partial charge in [-0.1, -0.05) is 66.2 Å². The molecule has 142 valence electrons. The molecule has 1 aromatic heterocycles. The first kappa shape index (κ1) is 19.5. The maximum atomic E-state index is 12.9. The molecule has 6 heteroatoms. The Hall–Kier alpha value is -3.31. The Morgan fingerprint density at radius 1 is 1.07 bits per heavy atom. The molecule has 28 heavy (non-hydrogen) atoms. The molecule has 0 spiro atoms. The molecule has 5 nitrogen and oxygen atoms in total. The summed E-state index contributed by atoms with van der Waals surface area (Å²) in [6.07, 6.45) is 0.913. The number of carbonyl (C=O) groups is 1. The highest BCUT2D eigenvalue weighted by Crippen LogP contribution is 2.27. The third kappa shape index (κ3) is 4.50. The van der Waals surface area contributed by atoms with Crippen LogP contribution in [0.3, 0.4) is 0 Å². The zero-order valence-electron chi connectivity index (χ0n) is 15.1. The van der Waals surface area contributed by atoms with Gasteiger partial charge in [0.1, 0.15) is 12.3 Å². The molecule has 2 aromatic carbocycles. The van der Waals surface area contributed by atoms with Gasteiger partial charge in [0, 0.05) is 17.1 Å². The van der Waals surface area contributed by atoms with Crippen molar-refractivity contribution in [3.63, 3.8) is 0 Å². The highest BCUT2D eigenvalue weighted by molar-refractivity contribution is 6.33. The number of hydrogen-bond donors (Lipinski definition) is 1. The maximum Gasteiger partial charge on any atom is 0.412 e. The smallest absolute Gasteiger partial charge is 0.412 e. The summed E-state index contributed by atoms with van der Waals surface area (Å²) in [4.78, 5) is 25.0. The Bertz CT molecular complexity index is 1050. The molecular weight excluding hydrogens is 376 g/mol. The number of allylic oxidation sites excluding steroid dienone is 1. The number of nitrogens with zero attached hydrogens (tertiary/aromatic N) is 1. The standard InChI is InChI=1S/C22H19ClN2O3/c1-2-14-25-20(17-10-6-7-11-18(17)23)13-12-19(21(25)26)24-22(27)28-15-16-8-4-3-5-9-16/h2-13H,1,14-15H2,(H,24,27). The summed E-state index contributed by atoms with van der Waals surface area (Å²) in [5.41, 5.74) is 1.97. The van der Waals surface area contributed by atoms with E-state index >= 15 is 0 Å². The van der Waals surface area contributed by atoms with E-state index in [0.717, 1.165) is 11.1 Å². The first-order valence-electron chi connectivity index (χ1n) is 8.67. The average Bonchev–Trinajstić information content (AvgIpc) is 2.71. The van der Waals surface area contributed by atoms with Gasteiger partial charge in [0.15, 0.2) is 0 Å². The lowest BCUT2D eigenvalue weighted by Gasteiger charge is -2.15. The molecule has 0 aliphatic rings. The summed E-state index contributed by atoms with van der Waals surface area (Å²) in [7, 11) is 0. The fourth-order valence-electron chi connectivity index (χ4n) is 2.76. The predicted molar refractivity (Wildman–Crippen MR) is 112 cm³/mol. The van der Waals surface area contributed by atoms with Crippen LogP contribution in [0.25, 0.3) is 11.3 Å². The highest BCUT2D eigenvalue weighted by Gasteiger charge is 2.14. The van der Waals surface area contributed by atoms with Gasteiger partial charge in [0.2, 0.25) is 0 Å². The van der Waals surface area contributed by atoms with Crippen molar-refractivity contribution in [2.45, 2.75) is 13.2 Å². The van der Waals surface area contributed by atoms with Crippen molar-refractivity contribution in [3.05, 3.63) is 100 Å². The van der Waals surface area contributed by atoms with E-state index in [1.807, 2.05) is 48.5 Å². The summed E-state index contributed by atoms with van der Waals surface area (Å²) in [6, 6.07) is 19.8. The van der Waals surface area contributed by atoms with Gasteiger partial charge in [-0.25, -0.2) is 4.79 Å². The van der Waals surface area contributed by atoms with Crippen molar-refractivity contribution in [1.29, 1.82) is 0 Å². The Kier molecular flexibility index (Phi) is 6.29. The lowest BCUT2D eigenvalue weighted by molar-refractivity contribution is 0.155. The van der Waals surface area contributed by atoms with E-state index in [4.69, 9.17) is 16.3 Å². The minimum atomic E-state index is -0.698. The molecule has 0 saturated heterocycles. The van der Waals surface area contributed by atoms with E-state index in [2.05, 4.69) is 11.9 Å². The molecular formula is C22H19ClN2O3. The zero-order valence-corrected chi connectivity index (χ0v) is 15.9. The Balaban J connectivity index is 1.83. The topological polar surface area (TPSA) is 60.3 Å². The molecule has 0 fully saturated rings. The molecule has 3 aromatic rings. The average molecular weight is 395 g/mol. The number of carbonyl (C=O) groups excluding carboxylic acids is 1. The number of aromatic nitrogens is 1. The number of halogens is 1. The van der Waals surface area contributed by atoms with Gasteiger partial charge in [0.25, 0.3) is 5.56 Å². The van der Waals surface area contributed by atoms with Crippen LogP contribution in [0, 0.1) is 0 Å². The van der Waals surface area contributed by atoms with Crippen LogP contribution in [0.2, 0.25) is 5.02 Å². The van der Waals surface area contributed by atoms with Crippen molar-refractivity contribution in [1.82, 2.24) is 4.57 Å². The van der Waals surface area contributed by atoms with E-state index in [9.17, 15) is 9.59 Å². The summed E-state index contributed by atoms with van der Waals surface area (Å²) in [5, 5.41) is 3.04. The summed E-state index contributed by atoms with van der Waals surface area (Å²) < 4.78 is 6.68. The van der Waals surface area contributed by atoms with E-state index < -0.39 is 6.09 Å². The van der Waals surface area contributed by atoms with Crippen LogP contribution < -0.4 is 10.9 Å². The fourth-order valence-corrected chi connectivity index (χ4v) is 2.99. The molecule has 0 radical (unpaired) electrons. The lowest BCUT2D eigenvalue weighted by Crippen LogP contribution is -2.27. The van der Waals surface area contributed by atoms with Crippen LogP contribution in [0.15, 0.2) is 84.2 Å². The van der Waals surface area contributed by atoms with Crippen molar-refractivity contribution < 1.29 is 9.53 Å². The third-order valence-electron chi connectivity index (χ3n) is 4.09. The molecule has 0 aliphatic heterocycles. The molecule has 0 bridgehead atoms. The zero-order chi connectivity index (χ0) is 19.9. The second-order valence-corrected chi connectivity index (χ2v) is 6.41. The summed E-state index contributed by atoms with van der Waals surface area (Å²) >= 11 is 6.28. The number of pyridine rings is 1. The number of nitrogens with one attached hydrogen (secondary N) is 1. The van der Waals surface area contributed by atoms with Gasteiger partial charge in [0.05, 0.1) is 5.69 Å². The minimum absolute atomic E-state index is 0.116. The van der Waals surface area contributed by atoms with Gasteiger partial charge in [-0.05, 0) is 23.8 Å². The van der Waals surface area contributed by atoms with Gasteiger partial charge in [-0.2, -0.15) is 0 Å². The SMILES string of the molecule is C=CCn1c(-c2ccccc2Cl)ccc(NC(=O)OCc2ccccc2)c1=O. The summed E-state index contributed by atoms with van der Waals surface area (Å²) in [5.74, 6) is 0. The van der Waals surface area contributed by atoms with Gasteiger partial charge in [-0.15, -0.1) is 6.58 Å². The summed E-state index contributed by atoms with van der Waals surface area (Å²) in [6.45, 7) is 4.09. The maximum absolute atomic E-state index is 12.9. The molecule has 0 saturated carbocycles. The molecule has 0 atom stereocenters. The van der Waals surface area contributed by atoms with E-state index in [1.165, 1.54) is 4.57 Å². The molecule has 0 unspecified atom stereocenters. The third-order valence-corrected chi connectivity index (χ3v) is 4.41. The largest absolute Gasteiger partial charge is 0.444 e. The van der Waals surface area contributed by atoms with Crippen LogP contribution in [0.1, 0.15) is 5.56 Å². The van der Waals surface area contributed by atoms with Crippen molar-refractivity contribution in [3.8, 4) is 11.3 Å². The Morgan fingerprint density at radius 3 is 2.50 bits per heavy atom. The Labute approximate surface area is 167 Å². The second-order valence-electron chi connectivity index (χ2n) is 6.00. The van der Waals surface area contributed by atoms with Crippen LogP contribution in [0.5, 0.6) is 0 Å². The lowest BCUT2D eigenvalue weighted by atomic mass is 10.1. The number of anilines is 1. The van der Waals surface area contributed by atoms with Gasteiger partial charge >= 0.3 is 6.09 Å². The van der Waals surface area contributed by atoms with E-state index in [1.54, 1.807) is 24.3 Å². The quantitative estimate of drug-likeness (QED) is 0.591.